The number of para-hydroxylation sites is 1. The van der Waals surface area contributed by atoms with Gasteiger partial charge >= 0.3 is 15.5 Å². The number of sulfonamides is 1. The lowest BCUT2D eigenvalue weighted by Crippen LogP contribution is -2.37. The number of alkyl halides is 3. The normalized spacial score (nSPS) is 11.9. The van der Waals surface area contributed by atoms with Crippen molar-refractivity contribution in [2.75, 3.05) is 17.2 Å². The number of thiazole rings is 1. The van der Waals surface area contributed by atoms with Crippen molar-refractivity contribution in [2.24, 2.45) is 0 Å². The quantitative estimate of drug-likeness (QED) is 0.319. The summed E-state index contributed by atoms with van der Waals surface area (Å²) in [5.41, 5.74) is -3.63. The first kappa shape index (κ1) is 24.0. The van der Waals surface area contributed by atoms with Gasteiger partial charge in [0.1, 0.15) is 5.82 Å². The van der Waals surface area contributed by atoms with E-state index in [-0.39, 0.29) is 17.2 Å². The third-order valence-electron chi connectivity index (χ3n) is 4.04. The minimum absolute atomic E-state index is 0.0234. The highest BCUT2D eigenvalue weighted by Gasteiger charge is 2.45. The molecular formula is C19H16F4N4O2S3. The van der Waals surface area contributed by atoms with Crippen LogP contribution in [0.25, 0.3) is 10.4 Å². The molecule has 0 aliphatic carbocycles. The summed E-state index contributed by atoms with van der Waals surface area (Å²) in [6, 6.07) is 13.2. The lowest BCUT2D eigenvalue weighted by molar-refractivity contribution is -0.0447. The first-order chi connectivity index (χ1) is 15.0. The molecule has 6 nitrogen and oxygen atoms in total. The highest BCUT2D eigenvalue weighted by molar-refractivity contribution is 7.90. The van der Waals surface area contributed by atoms with Crippen molar-refractivity contribution in [3.8, 4) is 10.4 Å². The fourth-order valence-electron chi connectivity index (χ4n) is 2.50. The van der Waals surface area contributed by atoms with Gasteiger partial charge in [-0.05, 0) is 42.0 Å². The first-order valence-electron chi connectivity index (χ1n) is 8.99. The van der Waals surface area contributed by atoms with Crippen LogP contribution in [-0.4, -0.2) is 30.6 Å². The van der Waals surface area contributed by atoms with Crippen molar-refractivity contribution in [1.29, 1.82) is 0 Å². The van der Waals surface area contributed by atoms with Crippen LogP contribution in [0, 0.1) is 5.82 Å². The van der Waals surface area contributed by atoms with E-state index in [0.717, 1.165) is 10.4 Å². The number of thiocarbonyl (C=S) groups is 1. The van der Waals surface area contributed by atoms with Gasteiger partial charge in [-0.3, -0.25) is 0 Å². The van der Waals surface area contributed by atoms with Crippen LogP contribution < -0.4 is 15.4 Å². The average Bonchev–Trinajstić information content (AvgIpc) is 3.18. The van der Waals surface area contributed by atoms with E-state index in [1.54, 1.807) is 48.7 Å². The summed E-state index contributed by atoms with van der Waals surface area (Å²) in [5, 5.41) is 6.41. The Morgan fingerprint density at radius 1 is 1.06 bits per heavy atom. The number of rotatable bonds is 7. The molecule has 1 heterocycles. The van der Waals surface area contributed by atoms with E-state index in [0.29, 0.717) is 10.7 Å². The highest BCUT2D eigenvalue weighted by Crippen LogP contribution is 2.28. The number of halogens is 4. The summed E-state index contributed by atoms with van der Waals surface area (Å²) in [7, 11) is -5.37. The zero-order valence-electron chi connectivity index (χ0n) is 16.1. The first-order valence-corrected chi connectivity index (χ1v) is 11.7. The smallest absolute Gasteiger partial charge is 0.332 e. The van der Waals surface area contributed by atoms with Crippen molar-refractivity contribution in [3.05, 3.63) is 65.6 Å². The molecule has 0 spiro atoms. The van der Waals surface area contributed by atoms with Crippen molar-refractivity contribution in [3.63, 3.8) is 0 Å². The summed E-state index contributed by atoms with van der Waals surface area (Å²) >= 11 is 6.42. The van der Waals surface area contributed by atoms with Crippen molar-refractivity contribution in [1.82, 2.24) is 9.71 Å². The summed E-state index contributed by atoms with van der Waals surface area (Å²) in [4.78, 5) is 4.88. The standard InChI is InChI=1S/C19H16F4N4O2S3/c20-14-3-1-2-4-15(14)27-18(30)26-13-7-5-12(6-8-13)16-11-24-17(31-16)9-10-25-32(28,29)19(21,22)23/h1-8,11,25H,9-10H2,(H2,26,27,30). The van der Waals surface area contributed by atoms with Crippen LogP contribution in [0.1, 0.15) is 5.01 Å². The summed E-state index contributed by atoms with van der Waals surface area (Å²) in [6.45, 7) is -0.413. The molecule has 3 aromatic rings. The lowest BCUT2D eigenvalue weighted by Gasteiger charge is -2.11. The molecule has 3 rings (SSSR count). The van der Waals surface area contributed by atoms with E-state index in [9.17, 15) is 26.0 Å². The second-order valence-electron chi connectivity index (χ2n) is 6.35. The molecular weight excluding hydrogens is 488 g/mol. The molecule has 0 bridgehead atoms. The Labute approximate surface area is 190 Å². The SMILES string of the molecule is O=S(=O)(NCCc1ncc(-c2ccc(NC(=S)Nc3ccccc3F)cc2)s1)C(F)(F)F. The van der Waals surface area contributed by atoms with Gasteiger partial charge < -0.3 is 10.6 Å². The molecule has 170 valence electrons. The maximum Gasteiger partial charge on any atom is 0.511 e. The maximum absolute atomic E-state index is 13.7. The van der Waals surface area contributed by atoms with Crippen molar-refractivity contribution >= 4 is 50.1 Å². The third-order valence-corrected chi connectivity index (χ3v) is 6.54. The third kappa shape index (κ3) is 6.22. The van der Waals surface area contributed by atoms with Gasteiger partial charge in [-0.2, -0.15) is 13.2 Å². The van der Waals surface area contributed by atoms with Crippen LogP contribution in [0.5, 0.6) is 0 Å². The van der Waals surface area contributed by atoms with Gasteiger partial charge in [-0.1, -0.05) is 24.3 Å². The van der Waals surface area contributed by atoms with Gasteiger partial charge in [-0.25, -0.2) is 22.5 Å². The molecule has 0 atom stereocenters. The minimum atomic E-state index is -5.37. The number of nitrogens with zero attached hydrogens (tertiary/aromatic N) is 1. The minimum Gasteiger partial charge on any atom is -0.332 e. The van der Waals surface area contributed by atoms with Gasteiger partial charge in [0.2, 0.25) is 0 Å². The molecule has 0 saturated heterocycles. The van der Waals surface area contributed by atoms with E-state index < -0.39 is 27.9 Å². The number of hydrogen-bond acceptors (Lipinski definition) is 5. The molecule has 0 aliphatic heterocycles. The Kier molecular flexibility index (Phi) is 7.44. The number of hydrogen-bond donors (Lipinski definition) is 3. The van der Waals surface area contributed by atoms with Crippen LogP contribution in [-0.2, 0) is 16.4 Å². The van der Waals surface area contributed by atoms with Crippen LogP contribution in [0.4, 0.5) is 28.9 Å². The van der Waals surface area contributed by atoms with E-state index >= 15 is 0 Å². The van der Waals surface area contributed by atoms with Gasteiger partial charge in [-0.15, -0.1) is 11.3 Å². The number of benzene rings is 2. The molecule has 1 aromatic heterocycles. The van der Waals surface area contributed by atoms with Crippen molar-refractivity contribution in [2.45, 2.75) is 11.9 Å². The molecule has 0 amide bonds. The van der Waals surface area contributed by atoms with Crippen LogP contribution in [0.2, 0.25) is 0 Å². The Hall–Kier alpha value is -2.61. The summed E-state index contributed by atoms with van der Waals surface area (Å²) < 4.78 is 74.2. The molecule has 3 N–H and O–H groups in total. The molecule has 0 aliphatic rings. The number of aromatic nitrogens is 1. The van der Waals surface area contributed by atoms with E-state index in [2.05, 4.69) is 15.6 Å². The largest absolute Gasteiger partial charge is 0.511 e. The second kappa shape index (κ2) is 9.90. The van der Waals surface area contributed by atoms with E-state index in [1.807, 2.05) is 0 Å². The fourth-order valence-corrected chi connectivity index (χ4v) is 4.18. The molecule has 32 heavy (non-hydrogen) atoms. The highest BCUT2D eigenvalue weighted by atomic mass is 32.2. The Morgan fingerprint density at radius 3 is 2.41 bits per heavy atom. The van der Waals surface area contributed by atoms with E-state index in [4.69, 9.17) is 12.2 Å². The molecule has 0 unspecified atom stereocenters. The lowest BCUT2D eigenvalue weighted by atomic mass is 10.2. The van der Waals surface area contributed by atoms with Gasteiger partial charge in [0.05, 0.1) is 15.6 Å². The van der Waals surface area contributed by atoms with Crippen LogP contribution >= 0.6 is 23.6 Å². The van der Waals surface area contributed by atoms with Crippen LogP contribution in [0.3, 0.4) is 0 Å². The zero-order valence-corrected chi connectivity index (χ0v) is 18.6. The molecule has 2 aromatic carbocycles. The predicted octanol–water partition coefficient (Wildman–Crippen LogP) is 4.74. The fraction of sp³-hybridized carbons (Fsp3) is 0.158. The Balaban J connectivity index is 1.56. The summed E-state index contributed by atoms with van der Waals surface area (Å²) in [5.74, 6) is -0.431. The number of nitrogens with one attached hydrogen (secondary N) is 3. The van der Waals surface area contributed by atoms with Gasteiger partial charge in [0, 0.05) is 24.8 Å². The summed E-state index contributed by atoms with van der Waals surface area (Å²) in [6.07, 6.45) is 1.58. The Bertz CT molecular complexity index is 1200. The van der Waals surface area contributed by atoms with Gasteiger partial charge in [0.25, 0.3) is 0 Å². The molecule has 13 heteroatoms. The monoisotopic (exact) mass is 504 g/mol. The predicted molar refractivity (Wildman–Crippen MR) is 120 cm³/mol. The molecule has 0 saturated carbocycles. The Morgan fingerprint density at radius 2 is 1.75 bits per heavy atom. The maximum atomic E-state index is 13.7. The molecule has 0 fully saturated rings. The average molecular weight is 505 g/mol. The van der Waals surface area contributed by atoms with Crippen LogP contribution in [0.15, 0.2) is 54.7 Å². The number of anilines is 2. The topological polar surface area (TPSA) is 83.1 Å². The van der Waals surface area contributed by atoms with E-state index in [1.165, 1.54) is 22.1 Å². The van der Waals surface area contributed by atoms with Crippen molar-refractivity contribution < 1.29 is 26.0 Å². The second-order valence-corrected chi connectivity index (χ2v) is 9.63. The molecule has 0 radical (unpaired) electrons. The zero-order chi connectivity index (χ0) is 23.4. The van der Waals surface area contributed by atoms with Gasteiger partial charge in [0.15, 0.2) is 5.11 Å².